The molecule has 7 nitrogen and oxygen atoms in total. The van der Waals surface area contributed by atoms with E-state index in [1.807, 2.05) is 38.1 Å². The molecule has 0 aliphatic carbocycles. The molecule has 0 atom stereocenters. The molecule has 0 aliphatic rings. The van der Waals surface area contributed by atoms with Gasteiger partial charge in [-0.15, -0.1) is 10.2 Å². The van der Waals surface area contributed by atoms with Gasteiger partial charge in [-0.1, -0.05) is 42.0 Å². The second-order valence-corrected chi connectivity index (χ2v) is 7.46. The van der Waals surface area contributed by atoms with Gasteiger partial charge in [0.25, 0.3) is 11.8 Å². The lowest BCUT2D eigenvalue weighted by atomic mass is 10.2. The lowest BCUT2D eigenvalue weighted by Gasteiger charge is -2.06. The first-order valence-electron chi connectivity index (χ1n) is 9.26. The minimum Gasteiger partial charge on any atom is -0.486 e. The average Bonchev–Trinajstić information content (AvgIpc) is 3.21. The molecule has 0 aliphatic heterocycles. The van der Waals surface area contributed by atoms with E-state index in [-0.39, 0.29) is 23.4 Å². The largest absolute Gasteiger partial charge is 0.486 e. The third kappa shape index (κ3) is 5.86. The lowest BCUT2D eigenvalue weighted by molar-refractivity contribution is 0.0952. The van der Waals surface area contributed by atoms with E-state index in [9.17, 15) is 9.59 Å². The summed E-state index contributed by atoms with van der Waals surface area (Å²) < 4.78 is 5.66. The van der Waals surface area contributed by atoms with E-state index in [0.29, 0.717) is 22.8 Å². The van der Waals surface area contributed by atoms with Crippen LogP contribution in [0.15, 0.2) is 48.5 Å². The van der Waals surface area contributed by atoms with Crippen LogP contribution < -0.4 is 15.4 Å². The van der Waals surface area contributed by atoms with Gasteiger partial charge in [-0.25, -0.2) is 0 Å². The van der Waals surface area contributed by atoms with Crippen LogP contribution in [0.4, 0.5) is 5.69 Å². The molecular weight excluding hydrogens is 388 g/mol. The number of ether oxygens (including phenoxy) is 1. The number of nitrogens with zero attached hydrogens (tertiary/aromatic N) is 2. The van der Waals surface area contributed by atoms with Crippen LogP contribution in [0, 0.1) is 6.92 Å². The molecule has 3 aromatic rings. The van der Waals surface area contributed by atoms with Crippen LogP contribution in [-0.2, 0) is 6.61 Å². The summed E-state index contributed by atoms with van der Waals surface area (Å²) >= 11 is 1.17. The first-order valence-corrected chi connectivity index (χ1v) is 10.1. The van der Waals surface area contributed by atoms with E-state index in [1.54, 1.807) is 24.3 Å². The highest BCUT2D eigenvalue weighted by atomic mass is 32.1. The van der Waals surface area contributed by atoms with Crippen molar-refractivity contribution in [1.82, 2.24) is 15.5 Å². The van der Waals surface area contributed by atoms with Crippen molar-refractivity contribution in [2.24, 2.45) is 0 Å². The minimum absolute atomic E-state index is 0.172. The zero-order chi connectivity index (χ0) is 20.6. The Morgan fingerprint density at radius 1 is 1.07 bits per heavy atom. The maximum atomic E-state index is 12.4. The molecule has 0 unspecified atom stereocenters. The highest BCUT2D eigenvalue weighted by molar-refractivity contribution is 7.13. The summed E-state index contributed by atoms with van der Waals surface area (Å²) in [6.45, 7) is 4.83. The number of amides is 2. The fraction of sp³-hybridized carbons (Fsp3) is 0.238. The second-order valence-electron chi connectivity index (χ2n) is 6.39. The van der Waals surface area contributed by atoms with E-state index >= 15 is 0 Å². The summed E-state index contributed by atoms with van der Waals surface area (Å²) in [5.74, 6) is 0.180. The van der Waals surface area contributed by atoms with Crippen molar-refractivity contribution < 1.29 is 14.3 Å². The zero-order valence-corrected chi connectivity index (χ0v) is 17.1. The predicted molar refractivity (Wildman–Crippen MR) is 112 cm³/mol. The Morgan fingerprint density at radius 3 is 2.62 bits per heavy atom. The molecule has 0 bridgehead atoms. The normalized spacial score (nSPS) is 10.4. The molecule has 3 rings (SSSR count). The number of aryl methyl sites for hydroxylation is 1. The summed E-state index contributed by atoms with van der Waals surface area (Å²) in [7, 11) is 0. The molecule has 2 N–H and O–H groups in total. The van der Waals surface area contributed by atoms with E-state index in [2.05, 4.69) is 20.8 Å². The van der Waals surface area contributed by atoms with E-state index < -0.39 is 0 Å². The number of benzene rings is 2. The number of carbonyl (C=O) groups is 2. The third-order valence-corrected chi connectivity index (χ3v) is 4.86. The van der Waals surface area contributed by atoms with Crippen molar-refractivity contribution in [2.75, 3.05) is 11.9 Å². The molecule has 8 heteroatoms. The van der Waals surface area contributed by atoms with Crippen molar-refractivity contribution in [3.05, 3.63) is 69.7 Å². The van der Waals surface area contributed by atoms with Gasteiger partial charge in [-0.3, -0.25) is 9.59 Å². The fourth-order valence-electron chi connectivity index (χ4n) is 2.45. The summed E-state index contributed by atoms with van der Waals surface area (Å²) in [4.78, 5) is 24.5. The predicted octanol–water partition coefficient (Wildman–Crippen LogP) is 3.82. The number of hydrogen-bond acceptors (Lipinski definition) is 6. The molecule has 0 spiro atoms. The number of nitrogens with one attached hydrogen (secondary N) is 2. The van der Waals surface area contributed by atoms with Gasteiger partial charge in [0.2, 0.25) is 5.01 Å². The van der Waals surface area contributed by atoms with E-state index in [4.69, 9.17) is 4.74 Å². The molecule has 2 aromatic carbocycles. The topological polar surface area (TPSA) is 93.2 Å². The Balaban J connectivity index is 1.58. The molecule has 0 radical (unpaired) electrons. The van der Waals surface area contributed by atoms with Crippen molar-refractivity contribution in [1.29, 1.82) is 0 Å². The summed E-state index contributed by atoms with van der Waals surface area (Å²) in [6.07, 6.45) is 0.856. The van der Waals surface area contributed by atoms with Gasteiger partial charge in [-0.05, 0) is 43.7 Å². The first kappa shape index (κ1) is 20.5. The van der Waals surface area contributed by atoms with Gasteiger partial charge < -0.3 is 15.4 Å². The highest BCUT2D eigenvalue weighted by Gasteiger charge is 2.14. The Bertz CT molecular complexity index is 986. The number of aromatic nitrogens is 2. The van der Waals surface area contributed by atoms with Gasteiger partial charge in [0.15, 0.2) is 5.01 Å². The number of carbonyl (C=O) groups excluding carboxylic acids is 2. The summed E-state index contributed by atoms with van der Waals surface area (Å²) in [5.41, 5.74) is 2.16. The third-order valence-electron chi connectivity index (χ3n) is 3.96. The fourth-order valence-corrected chi connectivity index (χ4v) is 3.09. The molecule has 0 fully saturated rings. The van der Waals surface area contributed by atoms with Crippen LogP contribution in [0.5, 0.6) is 5.75 Å². The molecule has 29 heavy (non-hydrogen) atoms. The smallest absolute Gasteiger partial charge is 0.286 e. The molecule has 1 heterocycles. The Morgan fingerprint density at radius 2 is 1.86 bits per heavy atom. The zero-order valence-electron chi connectivity index (χ0n) is 16.3. The van der Waals surface area contributed by atoms with Gasteiger partial charge in [0, 0.05) is 17.8 Å². The Labute approximate surface area is 173 Å². The van der Waals surface area contributed by atoms with Crippen molar-refractivity contribution in [3.8, 4) is 5.75 Å². The van der Waals surface area contributed by atoms with E-state index in [0.717, 1.165) is 17.7 Å². The van der Waals surface area contributed by atoms with Crippen LogP contribution in [0.2, 0.25) is 0 Å². The molecular formula is C21H22N4O3S. The molecule has 2 amide bonds. The lowest BCUT2D eigenvalue weighted by Crippen LogP contribution is -2.24. The van der Waals surface area contributed by atoms with Crippen LogP contribution in [0.25, 0.3) is 0 Å². The average molecular weight is 410 g/mol. The maximum absolute atomic E-state index is 12.4. The van der Waals surface area contributed by atoms with Gasteiger partial charge in [0.1, 0.15) is 12.4 Å². The highest BCUT2D eigenvalue weighted by Crippen LogP contribution is 2.18. The second kappa shape index (κ2) is 9.79. The molecule has 0 saturated carbocycles. The number of anilines is 1. The molecule has 150 valence electrons. The van der Waals surface area contributed by atoms with Crippen LogP contribution in [-0.4, -0.2) is 28.6 Å². The van der Waals surface area contributed by atoms with Crippen molar-refractivity contribution in [3.63, 3.8) is 0 Å². The standard InChI is InChI=1S/C21H22N4O3S/c1-3-11-22-19(26)15-5-4-6-16(12-15)23-20(27)21-25-24-18(29-21)13-28-17-9-7-14(2)8-10-17/h4-10,12H,3,11,13H2,1-2H3,(H,22,26)(H,23,27). The maximum Gasteiger partial charge on any atom is 0.286 e. The van der Waals surface area contributed by atoms with Crippen molar-refractivity contribution >= 4 is 28.8 Å². The Kier molecular flexibility index (Phi) is 6.91. The number of rotatable bonds is 8. The number of hydrogen-bond donors (Lipinski definition) is 2. The quantitative estimate of drug-likeness (QED) is 0.589. The van der Waals surface area contributed by atoms with Gasteiger partial charge in [0.05, 0.1) is 0 Å². The Hall–Kier alpha value is -3.26. The van der Waals surface area contributed by atoms with Gasteiger partial charge >= 0.3 is 0 Å². The first-order chi connectivity index (χ1) is 14.0. The van der Waals surface area contributed by atoms with E-state index in [1.165, 1.54) is 11.3 Å². The monoisotopic (exact) mass is 410 g/mol. The van der Waals surface area contributed by atoms with Crippen LogP contribution in [0.1, 0.15) is 44.1 Å². The minimum atomic E-state index is -0.379. The van der Waals surface area contributed by atoms with Crippen molar-refractivity contribution in [2.45, 2.75) is 26.9 Å². The SMILES string of the molecule is CCCNC(=O)c1cccc(NC(=O)c2nnc(COc3ccc(C)cc3)s2)c1. The molecule has 0 saturated heterocycles. The summed E-state index contributed by atoms with van der Waals surface area (Å²) in [5, 5.41) is 14.3. The molecule has 1 aromatic heterocycles. The van der Waals surface area contributed by atoms with Crippen LogP contribution >= 0.6 is 11.3 Å². The van der Waals surface area contributed by atoms with Gasteiger partial charge in [-0.2, -0.15) is 0 Å². The summed E-state index contributed by atoms with van der Waals surface area (Å²) in [6, 6.07) is 14.5. The van der Waals surface area contributed by atoms with Crippen LogP contribution in [0.3, 0.4) is 0 Å².